The SMILES string of the molecule is [2H]C([2H])([2H])N1CN(c2cccc(Oc3ccc4c5ccccc5n(-c5cc6c(cn5)c5ccc(C)cc5n6C)c4c3)c2)c2cc(-c3ccccc3)ccc21. The predicted octanol–water partition coefficient (Wildman–Crippen LogP) is 11.1. The number of hydrogen-bond acceptors (Lipinski definition) is 4. The lowest BCUT2D eigenvalue weighted by Crippen LogP contribution is -2.23. The van der Waals surface area contributed by atoms with Gasteiger partial charge in [0.15, 0.2) is 0 Å². The van der Waals surface area contributed by atoms with E-state index in [0.29, 0.717) is 17.2 Å². The zero-order valence-corrected chi connectivity index (χ0v) is 28.2. The number of para-hydroxylation sites is 1. The van der Waals surface area contributed by atoms with E-state index in [2.05, 4.69) is 102 Å². The molecule has 1 aliphatic heterocycles. The van der Waals surface area contributed by atoms with Crippen LogP contribution in [0.25, 0.3) is 60.6 Å². The molecule has 0 radical (unpaired) electrons. The van der Waals surface area contributed by atoms with Crippen molar-refractivity contribution in [3.05, 3.63) is 151 Å². The smallest absolute Gasteiger partial charge is 0.139 e. The Bertz CT molecular complexity index is 2930. The predicted molar refractivity (Wildman–Crippen MR) is 211 cm³/mol. The second-order valence-corrected chi connectivity index (χ2v) is 13.3. The van der Waals surface area contributed by atoms with Crippen LogP contribution >= 0.6 is 0 Å². The lowest BCUT2D eigenvalue weighted by Gasteiger charge is -2.20. The standard InChI is InChI=1S/C45H35N5O/c1-29-16-19-37-38-27-46-45(26-42(38)48(3)41(37)22-29)50-39-15-8-7-14-35(39)36-20-18-34(25-43(36)50)51-33-13-9-12-32(24-33)49-28-47(2)40-21-17-31(23-44(40)49)30-10-5-4-6-11-30/h4-27H,28H2,1-3H3/i2D3. The van der Waals surface area contributed by atoms with Crippen molar-refractivity contribution in [2.45, 2.75) is 6.92 Å². The number of pyridine rings is 1. The Hall–Kier alpha value is -6.53. The summed E-state index contributed by atoms with van der Waals surface area (Å²) in [5.41, 5.74) is 10.0. The van der Waals surface area contributed by atoms with Crippen LogP contribution in [0.5, 0.6) is 11.5 Å². The molecule has 0 saturated carbocycles. The normalized spacial score (nSPS) is 14.0. The Balaban J connectivity index is 1.04. The topological polar surface area (TPSA) is 38.5 Å². The average molecular weight is 665 g/mol. The highest BCUT2D eigenvalue weighted by atomic mass is 16.5. The maximum Gasteiger partial charge on any atom is 0.139 e. The van der Waals surface area contributed by atoms with Gasteiger partial charge in [0.05, 0.1) is 34.6 Å². The van der Waals surface area contributed by atoms with Gasteiger partial charge in [0.25, 0.3) is 0 Å². The van der Waals surface area contributed by atoms with E-state index < -0.39 is 6.98 Å². The first kappa shape index (κ1) is 26.4. The fourth-order valence-electron chi connectivity index (χ4n) is 7.72. The molecule has 3 aromatic heterocycles. The summed E-state index contributed by atoms with van der Waals surface area (Å²) in [6.07, 6.45) is 1.99. The minimum Gasteiger partial charge on any atom is -0.457 e. The summed E-state index contributed by atoms with van der Waals surface area (Å²) in [6.45, 7) is 0.00878. The summed E-state index contributed by atoms with van der Waals surface area (Å²) in [5.74, 6) is 2.16. The molecule has 6 heteroatoms. The number of benzene rings is 6. The van der Waals surface area contributed by atoms with Gasteiger partial charge in [-0.25, -0.2) is 4.98 Å². The van der Waals surface area contributed by atoms with Gasteiger partial charge < -0.3 is 19.1 Å². The number of anilines is 3. The van der Waals surface area contributed by atoms with E-state index in [1.165, 1.54) is 21.4 Å². The summed E-state index contributed by atoms with van der Waals surface area (Å²) in [5, 5.41) is 4.56. The highest BCUT2D eigenvalue weighted by Gasteiger charge is 2.25. The third-order valence-electron chi connectivity index (χ3n) is 10.2. The second-order valence-electron chi connectivity index (χ2n) is 13.3. The number of aryl methyl sites for hydroxylation is 2. The molecule has 246 valence electrons. The maximum atomic E-state index is 8.29. The Kier molecular flexibility index (Phi) is 5.81. The van der Waals surface area contributed by atoms with Crippen molar-refractivity contribution in [1.82, 2.24) is 14.1 Å². The van der Waals surface area contributed by atoms with Gasteiger partial charge in [-0.2, -0.15) is 0 Å². The number of ether oxygens (including phenoxy) is 1. The summed E-state index contributed by atoms with van der Waals surface area (Å²) >= 11 is 0. The van der Waals surface area contributed by atoms with Crippen molar-refractivity contribution >= 4 is 60.7 Å². The number of fused-ring (bicyclic) bond motifs is 7. The van der Waals surface area contributed by atoms with Gasteiger partial charge in [-0.1, -0.05) is 72.8 Å². The third kappa shape index (κ3) is 4.67. The van der Waals surface area contributed by atoms with Crippen LogP contribution in [0.2, 0.25) is 0 Å². The molecule has 0 fully saturated rings. The van der Waals surface area contributed by atoms with Crippen LogP contribution in [0.15, 0.2) is 146 Å². The molecule has 0 unspecified atom stereocenters. The minimum absolute atomic E-state index is 0.188. The molecule has 9 aromatic rings. The summed E-state index contributed by atoms with van der Waals surface area (Å²) < 4.78 is 35.9. The van der Waals surface area contributed by atoms with Crippen LogP contribution in [0.4, 0.5) is 17.1 Å². The number of nitrogens with zero attached hydrogens (tertiary/aromatic N) is 5. The van der Waals surface area contributed by atoms with Crippen LogP contribution in [0.1, 0.15) is 9.68 Å². The lowest BCUT2D eigenvalue weighted by molar-refractivity contribution is 0.483. The average Bonchev–Trinajstić information content (AvgIpc) is 3.82. The lowest BCUT2D eigenvalue weighted by atomic mass is 10.0. The van der Waals surface area contributed by atoms with E-state index in [1.54, 1.807) is 0 Å². The fourth-order valence-corrected chi connectivity index (χ4v) is 7.72. The second kappa shape index (κ2) is 11.3. The molecule has 0 spiro atoms. The van der Waals surface area contributed by atoms with E-state index in [-0.39, 0.29) is 6.67 Å². The van der Waals surface area contributed by atoms with Crippen molar-refractivity contribution in [3.63, 3.8) is 0 Å². The highest BCUT2D eigenvalue weighted by molar-refractivity contribution is 6.11. The molecule has 0 aliphatic carbocycles. The molecular formula is C45H35N5O. The van der Waals surface area contributed by atoms with E-state index >= 15 is 0 Å². The van der Waals surface area contributed by atoms with Gasteiger partial charge >= 0.3 is 0 Å². The largest absolute Gasteiger partial charge is 0.457 e. The van der Waals surface area contributed by atoms with Gasteiger partial charge in [0.2, 0.25) is 0 Å². The molecule has 0 atom stereocenters. The van der Waals surface area contributed by atoms with E-state index in [9.17, 15) is 0 Å². The molecule has 0 saturated heterocycles. The third-order valence-corrected chi connectivity index (χ3v) is 10.2. The van der Waals surface area contributed by atoms with E-state index in [1.807, 2.05) is 71.8 Å². The van der Waals surface area contributed by atoms with Crippen LogP contribution in [-0.4, -0.2) is 27.8 Å². The van der Waals surface area contributed by atoms with Crippen molar-refractivity contribution in [1.29, 1.82) is 0 Å². The molecular weight excluding hydrogens is 627 g/mol. The Morgan fingerprint density at radius 2 is 1.39 bits per heavy atom. The zero-order valence-electron chi connectivity index (χ0n) is 31.2. The minimum atomic E-state index is -2.30. The molecule has 6 nitrogen and oxygen atoms in total. The molecule has 6 aromatic carbocycles. The van der Waals surface area contributed by atoms with Crippen molar-refractivity contribution < 1.29 is 8.85 Å². The van der Waals surface area contributed by atoms with Gasteiger partial charge in [0, 0.05) is 75.3 Å². The molecule has 4 heterocycles. The Labute approximate surface area is 300 Å². The van der Waals surface area contributed by atoms with Gasteiger partial charge in [0.1, 0.15) is 17.3 Å². The van der Waals surface area contributed by atoms with Gasteiger partial charge in [-0.15, -0.1) is 0 Å². The first-order valence-corrected chi connectivity index (χ1v) is 17.1. The highest BCUT2D eigenvalue weighted by Crippen LogP contribution is 2.43. The number of aromatic nitrogens is 3. The molecule has 0 amide bonds. The zero-order chi connectivity index (χ0) is 36.7. The monoisotopic (exact) mass is 664 g/mol. The quantitative estimate of drug-likeness (QED) is 0.184. The summed E-state index contributed by atoms with van der Waals surface area (Å²) in [4.78, 5) is 8.55. The van der Waals surface area contributed by atoms with E-state index in [4.69, 9.17) is 13.8 Å². The number of hydrogen-bond donors (Lipinski definition) is 0. The van der Waals surface area contributed by atoms with E-state index in [0.717, 1.165) is 61.0 Å². The summed E-state index contributed by atoms with van der Waals surface area (Å²) in [6, 6.07) is 47.3. The van der Waals surface area contributed by atoms with Gasteiger partial charge in [-0.05, 0) is 72.1 Å². The number of rotatable bonds is 5. The molecule has 51 heavy (non-hydrogen) atoms. The molecule has 10 rings (SSSR count). The Morgan fingerprint density at radius 3 is 2.29 bits per heavy atom. The summed E-state index contributed by atoms with van der Waals surface area (Å²) in [7, 11) is 2.11. The van der Waals surface area contributed by atoms with Crippen LogP contribution < -0.4 is 14.5 Å². The molecule has 0 N–H and O–H groups in total. The van der Waals surface area contributed by atoms with Crippen molar-refractivity contribution in [2.75, 3.05) is 23.4 Å². The van der Waals surface area contributed by atoms with Crippen molar-refractivity contribution in [2.24, 2.45) is 7.05 Å². The Morgan fingerprint density at radius 1 is 0.608 bits per heavy atom. The van der Waals surface area contributed by atoms with Gasteiger partial charge in [-0.3, -0.25) is 4.57 Å². The molecule has 1 aliphatic rings. The first-order chi connectivity index (χ1) is 26.2. The van der Waals surface area contributed by atoms with Crippen molar-refractivity contribution in [3.8, 4) is 28.4 Å². The molecule has 0 bridgehead atoms. The maximum absolute atomic E-state index is 8.29. The van der Waals surface area contributed by atoms with Crippen LogP contribution in [0, 0.1) is 6.92 Å². The fraction of sp³-hybridized carbons (Fsp3) is 0.0889. The first-order valence-electron chi connectivity index (χ1n) is 18.6. The van der Waals surface area contributed by atoms with Crippen LogP contribution in [-0.2, 0) is 7.05 Å². The van der Waals surface area contributed by atoms with Crippen LogP contribution in [0.3, 0.4) is 0 Å².